The molecule has 180 valence electrons. The summed E-state index contributed by atoms with van der Waals surface area (Å²) >= 11 is 0. The number of hydrogen-bond donors (Lipinski definition) is 6. The van der Waals surface area contributed by atoms with Crippen LogP contribution in [0.1, 0.15) is 27.7 Å². The second-order valence-electron chi connectivity index (χ2n) is 6.53. The van der Waals surface area contributed by atoms with Gasteiger partial charge in [-0.1, -0.05) is 0 Å². The van der Waals surface area contributed by atoms with Gasteiger partial charge in [0.25, 0.3) is 0 Å². The molecule has 0 unspecified atom stereocenters. The Balaban J connectivity index is -0.000000514. The van der Waals surface area contributed by atoms with Crippen molar-refractivity contribution in [2.24, 2.45) is 20.2 Å². The second-order valence-corrected chi connectivity index (χ2v) is 8.32. The van der Waals surface area contributed by atoms with E-state index in [-0.39, 0.29) is 11.0 Å². The third-order valence-corrected chi connectivity index (χ3v) is 3.06. The zero-order valence-corrected chi connectivity index (χ0v) is 18.5. The Bertz CT molecular complexity index is 736. The molecule has 16 nitrogen and oxygen atoms in total. The molecule has 0 amide bonds. The van der Waals surface area contributed by atoms with Gasteiger partial charge in [-0.2, -0.15) is 27.1 Å². The highest BCUT2D eigenvalue weighted by atomic mass is 32.3. The van der Waals surface area contributed by atoms with Crippen molar-refractivity contribution in [2.45, 2.75) is 38.8 Å². The minimum atomic E-state index is -4.67. The molecule has 2 aliphatic heterocycles. The van der Waals surface area contributed by atoms with Gasteiger partial charge >= 0.3 is 20.8 Å². The number of nitrogens with zero attached hydrogens (tertiary/aromatic N) is 4. The lowest BCUT2D eigenvalue weighted by molar-refractivity contribution is 0.378. The Hall–Kier alpha value is -1.80. The number of hydrogen-bond acceptors (Lipinski definition) is 10. The van der Waals surface area contributed by atoms with Crippen LogP contribution in [0.3, 0.4) is 0 Å². The van der Waals surface area contributed by atoms with E-state index in [0.29, 0.717) is 0 Å². The first-order valence-corrected chi connectivity index (χ1v) is 10.6. The van der Waals surface area contributed by atoms with Crippen LogP contribution in [0.15, 0.2) is 20.2 Å². The Morgan fingerprint density at radius 1 is 0.733 bits per heavy atom. The Morgan fingerprint density at radius 2 is 0.967 bits per heavy atom. The summed E-state index contributed by atoms with van der Waals surface area (Å²) < 4.78 is 63.2. The third-order valence-electron chi connectivity index (χ3n) is 3.06. The first-order valence-electron chi connectivity index (χ1n) is 7.83. The van der Waals surface area contributed by atoms with Gasteiger partial charge in [-0.15, -0.1) is 0 Å². The van der Waals surface area contributed by atoms with Crippen molar-refractivity contribution < 1.29 is 46.0 Å². The Kier molecular flexibility index (Phi) is 14.0. The van der Waals surface area contributed by atoms with Crippen LogP contribution in [-0.2, 0) is 20.8 Å². The summed E-state index contributed by atoms with van der Waals surface area (Å²) in [5.41, 5.74) is -0.792. The van der Waals surface area contributed by atoms with E-state index in [2.05, 4.69) is 30.8 Å². The van der Waals surface area contributed by atoms with Crippen LogP contribution in [0.4, 0.5) is 0 Å². The van der Waals surface area contributed by atoms with Crippen molar-refractivity contribution in [2.75, 3.05) is 26.2 Å². The molecule has 10 N–H and O–H groups in total. The molecule has 0 bridgehead atoms. The van der Waals surface area contributed by atoms with E-state index in [4.69, 9.17) is 35.0 Å². The van der Waals surface area contributed by atoms with Crippen LogP contribution in [0.5, 0.6) is 0 Å². The largest absolute Gasteiger partial charge is 0.412 e. The highest BCUT2D eigenvalue weighted by Gasteiger charge is 2.31. The lowest BCUT2D eigenvalue weighted by atomic mass is 10.0. The standard InChI is InChI=1S/C12H22N6.2H2O4S.2H2O/c1-11(2,9-13-5-6-14-9)17-18-12(3,4)10-15-7-8-16-10;2*1-5(2,3)4;;/h5-8H2,1-4H3,(H,13,14)(H,15,16);2*(H2,1,2,3,4);2*1H2. The fourth-order valence-corrected chi connectivity index (χ4v) is 1.96. The first-order chi connectivity index (χ1) is 12.4. The monoisotopic (exact) mass is 482 g/mol. The van der Waals surface area contributed by atoms with Gasteiger partial charge in [-0.3, -0.25) is 28.2 Å². The quantitative estimate of drug-likeness (QED) is 0.190. The summed E-state index contributed by atoms with van der Waals surface area (Å²) in [5.74, 6) is 1.84. The molecule has 0 atom stereocenters. The third kappa shape index (κ3) is 17.1. The molecule has 30 heavy (non-hydrogen) atoms. The fraction of sp³-hybridized carbons (Fsp3) is 0.833. The zero-order valence-electron chi connectivity index (χ0n) is 16.9. The molecule has 0 saturated carbocycles. The molecule has 0 radical (unpaired) electrons. The smallest absolute Gasteiger partial charge is 0.394 e. The molecule has 2 aliphatic rings. The summed E-state index contributed by atoms with van der Waals surface area (Å²) in [6, 6.07) is 0. The van der Waals surface area contributed by atoms with Crippen LogP contribution in [-0.4, -0.2) is 94.9 Å². The zero-order chi connectivity index (χ0) is 22.2. The van der Waals surface area contributed by atoms with Gasteiger partial charge in [0, 0.05) is 13.1 Å². The number of azo groups is 1. The topological polar surface area (TPSA) is 286 Å². The first kappa shape index (κ1) is 32.9. The van der Waals surface area contributed by atoms with Crippen LogP contribution < -0.4 is 10.6 Å². The maximum Gasteiger partial charge on any atom is 0.394 e. The van der Waals surface area contributed by atoms with E-state index in [9.17, 15) is 0 Å². The minimum Gasteiger partial charge on any atom is -0.412 e. The second kappa shape index (κ2) is 12.8. The summed E-state index contributed by atoms with van der Waals surface area (Å²) in [4.78, 5) is 8.82. The number of aliphatic imine (C=N–C) groups is 2. The summed E-state index contributed by atoms with van der Waals surface area (Å²) in [7, 11) is -9.33. The van der Waals surface area contributed by atoms with E-state index in [0.717, 1.165) is 37.9 Å². The van der Waals surface area contributed by atoms with Gasteiger partial charge in [-0.25, -0.2) is 0 Å². The van der Waals surface area contributed by atoms with Crippen molar-refractivity contribution >= 4 is 32.5 Å². The van der Waals surface area contributed by atoms with Crippen molar-refractivity contribution in [3.8, 4) is 0 Å². The molecule has 0 fully saturated rings. The highest BCUT2D eigenvalue weighted by Crippen LogP contribution is 2.19. The van der Waals surface area contributed by atoms with Crippen molar-refractivity contribution in [1.29, 1.82) is 0 Å². The molecule has 0 spiro atoms. The molecule has 0 aliphatic carbocycles. The van der Waals surface area contributed by atoms with Gasteiger partial charge in [0.05, 0.1) is 13.1 Å². The van der Waals surface area contributed by atoms with E-state index < -0.39 is 31.9 Å². The van der Waals surface area contributed by atoms with Crippen molar-refractivity contribution in [3.05, 3.63) is 0 Å². The molecule has 18 heteroatoms. The van der Waals surface area contributed by atoms with Crippen LogP contribution in [0.2, 0.25) is 0 Å². The average Bonchev–Trinajstić information content (AvgIpc) is 3.15. The molecule has 2 rings (SSSR count). The van der Waals surface area contributed by atoms with E-state index in [1.807, 2.05) is 27.7 Å². The summed E-state index contributed by atoms with van der Waals surface area (Å²) in [6.45, 7) is 11.5. The lowest BCUT2D eigenvalue weighted by Gasteiger charge is -2.23. The van der Waals surface area contributed by atoms with Gasteiger partial charge in [0.2, 0.25) is 0 Å². The highest BCUT2D eigenvalue weighted by molar-refractivity contribution is 7.80. The maximum atomic E-state index is 8.74. The minimum absolute atomic E-state index is 0. The van der Waals surface area contributed by atoms with Gasteiger partial charge < -0.3 is 21.6 Å². The van der Waals surface area contributed by atoms with Crippen molar-refractivity contribution in [3.63, 3.8) is 0 Å². The molecular formula is C12H30N6O10S2. The summed E-state index contributed by atoms with van der Waals surface area (Å²) in [5, 5.41) is 15.4. The predicted octanol–water partition coefficient (Wildman–Crippen LogP) is -1.96. The van der Waals surface area contributed by atoms with Crippen molar-refractivity contribution in [1.82, 2.24) is 10.6 Å². The predicted molar refractivity (Wildman–Crippen MR) is 109 cm³/mol. The van der Waals surface area contributed by atoms with Crippen LogP contribution in [0.25, 0.3) is 0 Å². The number of rotatable bonds is 4. The van der Waals surface area contributed by atoms with Crippen LogP contribution >= 0.6 is 0 Å². The lowest BCUT2D eigenvalue weighted by Crippen LogP contribution is -2.41. The SMILES string of the molecule is CC(C)(N=NC(C)(C)C1=NCCN1)C1=NCCN1.O.O.O=S(=O)(O)O.O=S(=O)(O)O. The maximum absolute atomic E-state index is 8.74. The summed E-state index contributed by atoms with van der Waals surface area (Å²) in [6.07, 6.45) is 0. The molecular weight excluding hydrogens is 452 g/mol. The van der Waals surface area contributed by atoms with E-state index >= 15 is 0 Å². The molecule has 0 aromatic heterocycles. The van der Waals surface area contributed by atoms with Gasteiger partial charge in [0.1, 0.15) is 22.7 Å². The van der Waals surface area contributed by atoms with Crippen LogP contribution in [0, 0.1) is 0 Å². The Morgan fingerprint density at radius 3 is 1.13 bits per heavy atom. The van der Waals surface area contributed by atoms with Gasteiger partial charge in [0.15, 0.2) is 0 Å². The normalized spacial score (nSPS) is 16.3. The molecule has 0 aromatic rings. The average molecular weight is 483 g/mol. The molecule has 0 saturated heterocycles. The number of nitrogens with one attached hydrogen (secondary N) is 2. The molecule has 2 heterocycles. The van der Waals surface area contributed by atoms with E-state index in [1.165, 1.54) is 0 Å². The Labute approximate surface area is 174 Å². The molecule has 0 aromatic carbocycles. The van der Waals surface area contributed by atoms with Gasteiger partial charge in [-0.05, 0) is 27.7 Å². The fourth-order valence-electron chi connectivity index (χ4n) is 1.96. The number of amidine groups is 2. The van der Waals surface area contributed by atoms with E-state index in [1.54, 1.807) is 0 Å².